The van der Waals surface area contributed by atoms with Crippen LogP contribution in [0.2, 0.25) is 0 Å². The number of aliphatic hydroxyl groups is 1. The molecule has 106 valence electrons. The minimum atomic E-state index is -0.110. The number of aliphatic hydroxyl groups excluding tert-OH is 1. The fourth-order valence-corrected chi connectivity index (χ4v) is 2.40. The molecule has 1 aliphatic carbocycles. The van der Waals surface area contributed by atoms with Gasteiger partial charge in [-0.25, -0.2) is 0 Å². The number of hydrogen-bond donors (Lipinski definition) is 3. The third-order valence-electron chi connectivity index (χ3n) is 3.63. The van der Waals surface area contributed by atoms with E-state index in [1.54, 1.807) is 0 Å². The first-order valence-electron chi connectivity index (χ1n) is 7.38. The summed E-state index contributed by atoms with van der Waals surface area (Å²) in [6.45, 7) is 3.03. The maximum Gasteiger partial charge on any atom is 0.237 e. The second kappa shape index (κ2) is 9.34. The van der Waals surface area contributed by atoms with Crippen LogP contribution in [-0.4, -0.2) is 36.2 Å². The van der Waals surface area contributed by atoms with Crippen LogP contribution in [0.25, 0.3) is 0 Å². The largest absolute Gasteiger partial charge is 0.396 e. The summed E-state index contributed by atoms with van der Waals surface area (Å²) < 4.78 is 0. The molecule has 4 heteroatoms. The molecule has 0 aromatic heterocycles. The standard InChI is InChI=1S/C14H28N2O2/c1-12(15-10-6-3-7-11-17)14(18)16-13-8-4-2-5-9-13/h12-13,15,17H,2-11H2,1H3,(H,16,18). The van der Waals surface area contributed by atoms with E-state index in [1.807, 2.05) is 6.92 Å². The molecule has 1 amide bonds. The Hall–Kier alpha value is -0.610. The molecule has 4 nitrogen and oxygen atoms in total. The molecule has 0 saturated heterocycles. The molecule has 1 saturated carbocycles. The van der Waals surface area contributed by atoms with Crippen molar-refractivity contribution in [1.82, 2.24) is 10.6 Å². The van der Waals surface area contributed by atoms with E-state index >= 15 is 0 Å². The third kappa shape index (κ3) is 6.36. The van der Waals surface area contributed by atoms with Gasteiger partial charge in [-0.1, -0.05) is 19.3 Å². The van der Waals surface area contributed by atoms with Crippen molar-refractivity contribution < 1.29 is 9.90 Å². The summed E-state index contributed by atoms with van der Waals surface area (Å²) in [5.41, 5.74) is 0. The summed E-state index contributed by atoms with van der Waals surface area (Å²) in [6.07, 6.45) is 8.95. The molecule has 1 unspecified atom stereocenters. The van der Waals surface area contributed by atoms with Crippen LogP contribution in [0.15, 0.2) is 0 Å². The highest BCUT2D eigenvalue weighted by Crippen LogP contribution is 2.17. The zero-order valence-corrected chi connectivity index (χ0v) is 11.6. The molecule has 0 spiro atoms. The molecule has 1 fully saturated rings. The number of carbonyl (C=O) groups excluding carboxylic acids is 1. The van der Waals surface area contributed by atoms with Gasteiger partial charge >= 0.3 is 0 Å². The predicted molar refractivity (Wildman–Crippen MR) is 73.4 cm³/mol. The van der Waals surface area contributed by atoms with Crippen LogP contribution in [0, 0.1) is 0 Å². The van der Waals surface area contributed by atoms with Crippen molar-refractivity contribution in [2.24, 2.45) is 0 Å². The normalized spacial score (nSPS) is 18.6. The van der Waals surface area contributed by atoms with Crippen LogP contribution in [0.5, 0.6) is 0 Å². The van der Waals surface area contributed by atoms with E-state index < -0.39 is 0 Å². The van der Waals surface area contributed by atoms with E-state index in [9.17, 15) is 4.79 Å². The summed E-state index contributed by atoms with van der Waals surface area (Å²) in [6, 6.07) is 0.283. The molecule has 0 aromatic rings. The highest BCUT2D eigenvalue weighted by atomic mass is 16.2. The first kappa shape index (κ1) is 15.4. The van der Waals surface area contributed by atoms with Crippen LogP contribution >= 0.6 is 0 Å². The molecule has 0 aliphatic heterocycles. The molecule has 1 aliphatic rings. The minimum Gasteiger partial charge on any atom is -0.396 e. The number of nitrogens with one attached hydrogen (secondary N) is 2. The highest BCUT2D eigenvalue weighted by molar-refractivity contribution is 5.81. The lowest BCUT2D eigenvalue weighted by Gasteiger charge is -2.24. The number of unbranched alkanes of at least 4 members (excludes halogenated alkanes) is 2. The molecule has 0 bridgehead atoms. The van der Waals surface area contributed by atoms with Gasteiger partial charge in [0.05, 0.1) is 6.04 Å². The topological polar surface area (TPSA) is 61.4 Å². The molecule has 1 atom stereocenters. The number of carbonyl (C=O) groups is 1. The van der Waals surface area contributed by atoms with Crippen LogP contribution in [0.4, 0.5) is 0 Å². The number of hydrogen-bond acceptors (Lipinski definition) is 3. The lowest BCUT2D eigenvalue weighted by molar-refractivity contribution is -0.123. The van der Waals surface area contributed by atoms with E-state index in [0.717, 1.165) is 38.6 Å². The molecular weight excluding hydrogens is 228 g/mol. The highest BCUT2D eigenvalue weighted by Gasteiger charge is 2.18. The van der Waals surface area contributed by atoms with Gasteiger partial charge in [0.25, 0.3) is 0 Å². The van der Waals surface area contributed by atoms with Gasteiger partial charge < -0.3 is 15.7 Å². The second-order valence-electron chi connectivity index (χ2n) is 5.30. The molecule has 18 heavy (non-hydrogen) atoms. The predicted octanol–water partition coefficient (Wildman–Crippen LogP) is 1.58. The molecule has 1 rings (SSSR count). The zero-order valence-electron chi connectivity index (χ0n) is 11.6. The Bertz CT molecular complexity index is 228. The van der Waals surface area contributed by atoms with Gasteiger partial charge in [-0.2, -0.15) is 0 Å². The van der Waals surface area contributed by atoms with Crippen LogP contribution in [0.1, 0.15) is 58.3 Å². The quantitative estimate of drug-likeness (QED) is 0.578. The first-order chi connectivity index (χ1) is 8.74. The fourth-order valence-electron chi connectivity index (χ4n) is 2.40. The number of amides is 1. The zero-order chi connectivity index (χ0) is 13.2. The van der Waals surface area contributed by atoms with Gasteiger partial charge in [0.2, 0.25) is 5.91 Å². The summed E-state index contributed by atoms with van der Waals surface area (Å²) >= 11 is 0. The molecule has 0 radical (unpaired) electrons. The van der Waals surface area contributed by atoms with Gasteiger partial charge in [0.15, 0.2) is 0 Å². The average molecular weight is 256 g/mol. The Balaban J connectivity index is 2.08. The smallest absolute Gasteiger partial charge is 0.237 e. The van der Waals surface area contributed by atoms with Crippen LogP contribution in [-0.2, 0) is 4.79 Å². The maximum absolute atomic E-state index is 11.9. The van der Waals surface area contributed by atoms with Crippen molar-refractivity contribution in [2.75, 3.05) is 13.2 Å². The molecule has 0 aromatic carbocycles. The van der Waals surface area contributed by atoms with Crippen molar-refractivity contribution in [3.8, 4) is 0 Å². The summed E-state index contributed by atoms with van der Waals surface area (Å²) in [4.78, 5) is 11.9. The fraction of sp³-hybridized carbons (Fsp3) is 0.929. The first-order valence-corrected chi connectivity index (χ1v) is 7.38. The second-order valence-corrected chi connectivity index (χ2v) is 5.30. The van der Waals surface area contributed by atoms with Crippen LogP contribution in [0.3, 0.4) is 0 Å². The average Bonchev–Trinajstić information content (AvgIpc) is 2.39. The van der Waals surface area contributed by atoms with Crippen molar-refractivity contribution >= 4 is 5.91 Å². The van der Waals surface area contributed by atoms with Gasteiger partial charge in [-0.15, -0.1) is 0 Å². The Morgan fingerprint density at radius 3 is 2.61 bits per heavy atom. The van der Waals surface area contributed by atoms with Gasteiger partial charge in [0.1, 0.15) is 0 Å². The van der Waals surface area contributed by atoms with Crippen LogP contribution < -0.4 is 10.6 Å². The third-order valence-corrected chi connectivity index (χ3v) is 3.63. The van der Waals surface area contributed by atoms with Crippen molar-refractivity contribution in [3.63, 3.8) is 0 Å². The summed E-state index contributed by atoms with van der Waals surface area (Å²) in [7, 11) is 0. The Morgan fingerprint density at radius 2 is 1.94 bits per heavy atom. The minimum absolute atomic E-state index is 0.110. The van der Waals surface area contributed by atoms with E-state index in [4.69, 9.17) is 5.11 Å². The molecular formula is C14H28N2O2. The lowest BCUT2D eigenvalue weighted by Crippen LogP contribution is -2.47. The van der Waals surface area contributed by atoms with Crippen molar-refractivity contribution in [2.45, 2.75) is 70.4 Å². The van der Waals surface area contributed by atoms with Crippen molar-refractivity contribution in [3.05, 3.63) is 0 Å². The van der Waals surface area contributed by atoms with Gasteiger partial charge in [0, 0.05) is 12.6 Å². The monoisotopic (exact) mass is 256 g/mol. The van der Waals surface area contributed by atoms with E-state index in [0.29, 0.717) is 6.04 Å². The number of rotatable bonds is 8. The van der Waals surface area contributed by atoms with Gasteiger partial charge in [-0.3, -0.25) is 4.79 Å². The Labute approximate surface area is 111 Å². The lowest BCUT2D eigenvalue weighted by atomic mass is 9.95. The summed E-state index contributed by atoms with van der Waals surface area (Å²) in [5, 5.41) is 15.0. The molecule has 0 heterocycles. The SMILES string of the molecule is CC(NCCCCCO)C(=O)NC1CCCCC1. The van der Waals surface area contributed by atoms with Gasteiger partial charge in [-0.05, 0) is 45.6 Å². The van der Waals surface area contributed by atoms with Crippen molar-refractivity contribution in [1.29, 1.82) is 0 Å². The van der Waals surface area contributed by atoms with E-state index in [1.165, 1.54) is 19.3 Å². The van der Waals surface area contributed by atoms with E-state index in [2.05, 4.69) is 10.6 Å². The Morgan fingerprint density at radius 1 is 1.22 bits per heavy atom. The maximum atomic E-state index is 11.9. The molecule has 3 N–H and O–H groups in total. The summed E-state index contributed by atoms with van der Waals surface area (Å²) in [5.74, 6) is 0.129. The Kier molecular flexibility index (Phi) is 8.01. The van der Waals surface area contributed by atoms with E-state index in [-0.39, 0.29) is 18.6 Å².